The minimum Gasteiger partial charge on any atom is -0.344 e. The van der Waals surface area contributed by atoms with Gasteiger partial charge >= 0.3 is 0 Å². The minimum atomic E-state index is -3.55. The number of aryl methyl sites for hydroxylation is 2. The lowest BCUT2D eigenvalue weighted by Gasteiger charge is -2.24. The van der Waals surface area contributed by atoms with Gasteiger partial charge in [-0.15, -0.1) is 12.4 Å². The maximum absolute atomic E-state index is 13.2. The van der Waals surface area contributed by atoms with Gasteiger partial charge in [0.25, 0.3) is 0 Å². The van der Waals surface area contributed by atoms with Crippen molar-refractivity contribution in [1.82, 2.24) is 14.5 Å². The summed E-state index contributed by atoms with van der Waals surface area (Å²) in [6.07, 6.45) is 3.63. The molecule has 0 bridgehead atoms. The molecule has 32 heavy (non-hydrogen) atoms. The molecule has 5 nitrogen and oxygen atoms in total. The molecular formula is C25H26ClN3O2S. The number of rotatable bonds is 5. The van der Waals surface area contributed by atoms with Crippen LogP contribution in [0, 0.1) is 0 Å². The van der Waals surface area contributed by atoms with Crippen LogP contribution in [-0.4, -0.2) is 36.5 Å². The Labute approximate surface area is 195 Å². The van der Waals surface area contributed by atoms with Crippen LogP contribution in [0.25, 0.3) is 10.9 Å². The zero-order valence-corrected chi connectivity index (χ0v) is 19.6. The number of nitrogens with zero attached hydrogens (tertiary/aromatic N) is 3. The Morgan fingerprint density at radius 3 is 2.50 bits per heavy atom. The molecule has 0 fully saturated rings. The van der Waals surface area contributed by atoms with E-state index in [1.54, 1.807) is 30.3 Å². The Hall–Kier alpha value is -2.67. The van der Waals surface area contributed by atoms with E-state index < -0.39 is 9.84 Å². The molecule has 0 radical (unpaired) electrons. The third-order valence-electron chi connectivity index (χ3n) is 6.10. The van der Waals surface area contributed by atoms with Crippen LogP contribution in [0.4, 0.5) is 0 Å². The number of hydrogen-bond donors (Lipinski definition) is 0. The second kappa shape index (κ2) is 9.06. The van der Waals surface area contributed by atoms with Crippen molar-refractivity contribution in [1.29, 1.82) is 0 Å². The fourth-order valence-corrected chi connectivity index (χ4v) is 5.80. The van der Waals surface area contributed by atoms with E-state index in [1.807, 2.05) is 36.5 Å². The Morgan fingerprint density at radius 1 is 0.969 bits per heavy atom. The van der Waals surface area contributed by atoms with Gasteiger partial charge in [-0.05, 0) is 55.1 Å². The fourth-order valence-electron chi connectivity index (χ4n) is 4.49. The molecule has 166 valence electrons. The molecule has 0 spiro atoms. The highest BCUT2D eigenvalue weighted by Gasteiger charge is 2.25. The normalized spacial score (nSPS) is 14.2. The molecule has 1 aliphatic rings. The van der Waals surface area contributed by atoms with Crippen LogP contribution in [0.3, 0.4) is 0 Å². The first kappa shape index (κ1) is 22.5. The molecule has 2 aromatic carbocycles. The number of aromatic nitrogens is 2. The van der Waals surface area contributed by atoms with Crippen molar-refractivity contribution in [2.45, 2.75) is 35.7 Å². The van der Waals surface area contributed by atoms with Gasteiger partial charge in [0, 0.05) is 61.0 Å². The van der Waals surface area contributed by atoms with E-state index in [-0.39, 0.29) is 12.4 Å². The zero-order valence-electron chi connectivity index (χ0n) is 17.9. The molecule has 0 saturated heterocycles. The summed E-state index contributed by atoms with van der Waals surface area (Å²) in [5, 5.41) is 1.04. The molecule has 0 aliphatic carbocycles. The lowest BCUT2D eigenvalue weighted by atomic mass is 10.1. The van der Waals surface area contributed by atoms with Crippen LogP contribution < -0.4 is 0 Å². The number of pyridine rings is 1. The quantitative estimate of drug-likeness (QED) is 0.433. The Bertz CT molecular complexity index is 1340. The van der Waals surface area contributed by atoms with Gasteiger partial charge in [0.15, 0.2) is 0 Å². The van der Waals surface area contributed by atoms with Gasteiger partial charge in [-0.3, -0.25) is 4.98 Å². The van der Waals surface area contributed by atoms with Gasteiger partial charge in [-0.2, -0.15) is 0 Å². The molecule has 0 N–H and O–H groups in total. The second-order valence-corrected chi connectivity index (χ2v) is 10.1. The molecule has 1 aliphatic heterocycles. The lowest BCUT2D eigenvalue weighted by Crippen LogP contribution is -2.27. The van der Waals surface area contributed by atoms with Gasteiger partial charge in [-0.25, -0.2) is 8.42 Å². The largest absolute Gasteiger partial charge is 0.344 e. The predicted molar refractivity (Wildman–Crippen MR) is 129 cm³/mol. The molecule has 5 rings (SSSR count). The summed E-state index contributed by atoms with van der Waals surface area (Å²) in [6, 6.07) is 20.2. The molecule has 0 saturated carbocycles. The first-order valence-corrected chi connectivity index (χ1v) is 12.0. The lowest BCUT2D eigenvalue weighted by molar-refractivity contribution is 0.309. The number of benzene rings is 2. The average molecular weight is 468 g/mol. The first-order valence-electron chi connectivity index (χ1n) is 10.6. The van der Waals surface area contributed by atoms with Crippen molar-refractivity contribution in [3.8, 4) is 0 Å². The van der Waals surface area contributed by atoms with Crippen LogP contribution in [0.1, 0.15) is 17.0 Å². The molecule has 0 unspecified atom stereocenters. The van der Waals surface area contributed by atoms with Crippen LogP contribution in [-0.2, 0) is 35.8 Å². The maximum atomic E-state index is 13.2. The number of sulfone groups is 1. The van der Waals surface area contributed by atoms with E-state index in [9.17, 15) is 8.42 Å². The van der Waals surface area contributed by atoms with E-state index in [4.69, 9.17) is 0 Å². The molecule has 0 atom stereocenters. The Morgan fingerprint density at radius 2 is 1.75 bits per heavy atom. The summed E-state index contributed by atoms with van der Waals surface area (Å²) < 4.78 is 28.8. The summed E-state index contributed by atoms with van der Waals surface area (Å²) in [7, 11) is -1.43. The summed E-state index contributed by atoms with van der Waals surface area (Å²) in [6.45, 7) is 2.66. The third kappa shape index (κ3) is 4.06. The van der Waals surface area contributed by atoms with Crippen LogP contribution in [0.5, 0.6) is 0 Å². The highest BCUT2D eigenvalue weighted by Crippen LogP contribution is 2.33. The van der Waals surface area contributed by atoms with E-state index in [0.717, 1.165) is 49.1 Å². The minimum absolute atomic E-state index is 0. The molecule has 2 aromatic heterocycles. The van der Waals surface area contributed by atoms with Gasteiger partial charge in [0.1, 0.15) is 0 Å². The molecule has 0 amide bonds. The average Bonchev–Trinajstić information content (AvgIpc) is 3.11. The van der Waals surface area contributed by atoms with Crippen molar-refractivity contribution in [2.75, 3.05) is 13.6 Å². The van der Waals surface area contributed by atoms with Crippen molar-refractivity contribution < 1.29 is 8.42 Å². The maximum Gasteiger partial charge on any atom is 0.206 e. The van der Waals surface area contributed by atoms with Gasteiger partial charge < -0.3 is 9.47 Å². The highest BCUT2D eigenvalue weighted by molar-refractivity contribution is 7.91. The topological polar surface area (TPSA) is 55.2 Å². The SMILES string of the molecule is CN1CCc2c(c3cc(S(=O)(=O)c4ccccc4)ccc3n2CCc2ccccn2)C1.Cl. The highest BCUT2D eigenvalue weighted by atomic mass is 35.5. The summed E-state index contributed by atoms with van der Waals surface area (Å²) in [4.78, 5) is 7.44. The monoisotopic (exact) mass is 467 g/mol. The second-order valence-electron chi connectivity index (χ2n) is 8.13. The zero-order chi connectivity index (χ0) is 21.4. The first-order chi connectivity index (χ1) is 15.0. The standard InChI is InChI=1S/C25H25N3O2S.ClH/c1-27-15-13-25-23(18-27)22-17-21(31(29,30)20-8-3-2-4-9-20)10-11-24(22)28(25)16-12-19-7-5-6-14-26-19;/h2-11,14,17H,12-13,15-16,18H2,1H3;1H. The van der Waals surface area contributed by atoms with Crippen molar-refractivity contribution in [3.05, 3.63) is 89.9 Å². The molecule has 7 heteroatoms. The van der Waals surface area contributed by atoms with Crippen molar-refractivity contribution in [3.63, 3.8) is 0 Å². The smallest absolute Gasteiger partial charge is 0.206 e. The predicted octanol–water partition coefficient (Wildman–Crippen LogP) is 4.52. The van der Waals surface area contributed by atoms with E-state index in [0.29, 0.717) is 9.79 Å². The summed E-state index contributed by atoms with van der Waals surface area (Å²) >= 11 is 0. The number of halogens is 1. The number of hydrogen-bond acceptors (Lipinski definition) is 4. The van der Waals surface area contributed by atoms with E-state index in [2.05, 4.69) is 27.6 Å². The fraction of sp³-hybridized carbons (Fsp3) is 0.240. The van der Waals surface area contributed by atoms with Gasteiger partial charge in [-0.1, -0.05) is 24.3 Å². The van der Waals surface area contributed by atoms with Crippen LogP contribution in [0.15, 0.2) is 82.7 Å². The summed E-state index contributed by atoms with van der Waals surface area (Å²) in [5.74, 6) is 0. The molecular weight excluding hydrogens is 442 g/mol. The molecule has 4 aromatic rings. The van der Waals surface area contributed by atoms with Crippen molar-refractivity contribution in [2.24, 2.45) is 0 Å². The summed E-state index contributed by atoms with van der Waals surface area (Å²) in [5.41, 5.74) is 4.73. The van der Waals surface area contributed by atoms with E-state index >= 15 is 0 Å². The number of fused-ring (bicyclic) bond motifs is 3. The Kier molecular flexibility index (Phi) is 6.38. The van der Waals surface area contributed by atoms with Crippen LogP contribution in [0.2, 0.25) is 0 Å². The van der Waals surface area contributed by atoms with Gasteiger partial charge in [0.2, 0.25) is 9.84 Å². The Balaban J connectivity index is 0.00000245. The van der Waals surface area contributed by atoms with Crippen molar-refractivity contribution >= 4 is 33.1 Å². The van der Waals surface area contributed by atoms with E-state index in [1.165, 1.54) is 11.3 Å². The molecule has 3 heterocycles. The number of likely N-dealkylation sites (N-methyl/N-ethyl adjacent to an activating group) is 1. The van der Waals surface area contributed by atoms with Crippen LogP contribution >= 0.6 is 12.4 Å². The van der Waals surface area contributed by atoms with Gasteiger partial charge in [0.05, 0.1) is 9.79 Å². The third-order valence-corrected chi connectivity index (χ3v) is 7.87.